The molecule has 0 radical (unpaired) electrons. The molecule has 137 heavy (non-hydrogen) atoms. The van der Waals surface area contributed by atoms with Crippen molar-refractivity contribution in [3.8, 4) is 11.5 Å². The minimum absolute atomic E-state index is 0.0202. The lowest BCUT2D eigenvalue weighted by molar-refractivity contribution is -0.146. The number of amides is 11. The minimum atomic E-state index is -2.01. The number of nitrogens with one attached hydrogen (secondary N) is 9. The number of benzene rings is 4. The number of hydrogen-bond acceptors (Lipinski definition) is 28. The summed E-state index contributed by atoms with van der Waals surface area (Å²) in [5.41, 5.74) is 6.00. The van der Waals surface area contributed by atoms with E-state index in [1.54, 1.807) is 89.2 Å². The van der Waals surface area contributed by atoms with Crippen molar-refractivity contribution in [2.45, 2.75) is 231 Å². The van der Waals surface area contributed by atoms with Gasteiger partial charge in [0.25, 0.3) is 5.24 Å². The number of nitrogens with two attached hydrogens (primary N) is 1. The number of phenols is 2. The number of unbranched alkanes of at least 4 members (excludes halogenated alkanes) is 1. The van der Waals surface area contributed by atoms with Crippen LogP contribution in [0.1, 0.15) is 173 Å². The highest BCUT2D eigenvalue weighted by Crippen LogP contribution is 2.39. The molecule has 0 bridgehead atoms. The molecule has 1 saturated heterocycles. The summed E-state index contributed by atoms with van der Waals surface area (Å²) in [5.74, 6) is -30.8. The van der Waals surface area contributed by atoms with Crippen molar-refractivity contribution in [1.82, 2.24) is 52.8 Å². The average molecular weight is 1930 g/mol. The molecule has 1 heterocycles. The third-order valence-corrected chi connectivity index (χ3v) is 25.2. The number of carbonyl (C=O) groups excluding carboxylic acids is 17. The Balaban J connectivity index is 1.15. The van der Waals surface area contributed by atoms with Gasteiger partial charge in [-0.05, 0) is 149 Å². The van der Waals surface area contributed by atoms with Crippen molar-refractivity contribution in [1.29, 1.82) is 0 Å². The third kappa shape index (κ3) is 36.1. The Kier molecular flexibility index (Phi) is 45.9. The number of fused-ring (bicyclic) bond motifs is 1. The van der Waals surface area contributed by atoms with Gasteiger partial charge in [0.15, 0.2) is 34.7 Å². The molecule has 0 spiro atoms. The molecule has 40 nitrogen and oxygen atoms in total. The van der Waals surface area contributed by atoms with Crippen LogP contribution in [-0.4, -0.2) is 267 Å². The van der Waals surface area contributed by atoms with E-state index < -0.39 is 309 Å². The van der Waals surface area contributed by atoms with E-state index in [4.69, 9.17) is 5.73 Å². The smallest absolute Gasteiger partial charge is 0.304 e. The van der Waals surface area contributed by atoms with Gasteiger partial charge in [-0.3, -0.25) is 101 Å². The van der Waals surface area contributed by atoms with Gasteiger partial charge >= 0.3 is 17.9 Å². The van der Waals surface area contributed by atoms with Gasteiger partial charge in [-0.25, -0.2) is 0 Å². The zero-order chi connectivity index (χ0) is 102. The van der Waals surface area contributed by atoms with Crippen LogP contribution in [0.5, 0.6) is 11.5 Å². The Morgan fingerprint density at radius 1 is 0.453 bits per heavy atom. The first-order valence-corrected chi connectivity index (χ1v) is 46.7. The van der Waals surface area contributed by atoms with Gasteiger partial charge in [0, 0.05) is 70.0 Å². The number of imide groups is 1. The highest BCUT2D eigenvalue weighted by Gasteiger charge is 2.52. The topological polar surface area (TPSA) is 661 Å². The summed E-state index contributed by atoms with van der Waals surface area (Å²) >= 11 is 0.779. The summed E-state index contributed by atoms with van der Waals surface area (Å²) in [5, 5.41) is 116. The molecule has 11 amide bonds. The first-order chi connectivity index (χ1) is 64.8. The molecule has 20 N–H and O–H groups in total. The lowest BCUT2D eigenvalue weighted by Gasteiger charge is -2.29. The molecule has 2 aliphatic rings. The number of aliphatic hydroxyl groups is 4. The van der Waals surface area contributed by atoms with Crippen LogP contribution in [0.4, 0.5) is 4.79 Å². The molecule has 4 aromatic rings. The second-order valence-electron chi connectivity index (χ2n) is 35.7. The van der Waals surface area contributed by atoms with Crippen molar-refractivity contribution in [3.63, 3.8) is 0 Å². The van der Waals surface area contributed by atoms with E-state index in [0.717, 1.165) is 30.5 Å². The summed E-state index contributed by atoms with van der Waals surface area (Å²) in [6.07, 6.45) is -10.7. The first-order valence-electron chi connectivity index (χ1n) is 45.7. The van der Waals surface area contributed by atoms with E-state index in [0.29, 0.717) is 48.1 Å². The Morgan fingerprint density at radius 3 is 1.42 bits per heavy atom. The van der Waals surface area contributed by atoms with Gasteiger partial charge in [-0.1, -0.05) is 131 Å². The van der Waals surface area contributed by atoms with Crippen molar-refractivity contribution >= 4 is 129 Å². The van der Waals surface area contributed by atoms with Gasteiger partial charge in [-0.2, -0.15) is 0 Å². The number of phenolic OH excluding ortho intramolecular Hbond substituents is 2. The van der Waals surface area contributed by atoms with E-state index in [1.165, 1.54) is 48.5 Å². The standard InChI is InChI=1S/C96H129N11O29S/c1-8-53(4)85(80(119)40-62(35-58-21-25-66(112)26-22-58)87(128)101-72(34-52(2)3)76(115)38-63(42-83(123)124)86(127)100-54(5)16-14-15-31-97)106-89(130)65(49-108)41-77(116)73(37-59-23-27-67(113)28-24-59)102-88(129)64(43-84(125)126)39-78(117)75(50-109)104-91(132)70(56(7)111)45-79(118)74(36-57-17-10-9-11-18-57)103-90(131)69(55(6)110)44-68(114)48-99-92(133)71(29-30-82(121)122)105-94(135)96(46-60-19-12-13-20-61(60)47-96)93(134)98-32-33-107-81(120)51-137-95(107)136/h9-13,17-28,52-56,62-65,69-75,85,108-113H,8,14-16,29-51,97H2,1-7H3,(H,98,134)(H,99,133)(H,100,127)(H,101,128)(H,102,129)(H,103,131)(H,104,132)(H,105,135)(H,106,130)(H,121,122)(H,123,124)(H,125,126)/t53-,54+,55+,56+,62+,63-,64-,65-,69-,70-,71-,72-,73-,74-,75-,85-/m0/s1. The largest absolute Gasteiger partial charge is 0.508 e. The molecule has 6 rings (SSSR count). The van der Waals surface area contributed by atoms with Gasteiger partial charge in [0.05, 0.1) is 104 Å². The SMILES string of the molecule is CC[C@H](C)[C@H](NC(=O)[C@H](CO)CC(=O)[C@H](Cc1ccc(O)cc1)NC(=O)[C@H](CC(=O)O)CC(=O)[C@H](CO)NC(=O)[C@@H](CC(=O)[C@H](Cc1ccccc1)NC(=O)[C@@H](CC(=O)CNC(=O)[C@H](CCC(=O)O)NC(=O)C1(C(=O)NCCN2C(=O)CSC2=O)Cc2ccccc2C1)[C@@H](C)O)[C@@H](C)O)C(=O)C[C@@H](Cc1ccc(O)cc1)C(=O)N[C@@H](CC(C)C)C(=O)C[C@@H](CC(=O)O)C(=O)N[C@H](C)CCCCN. The maximum Gasteiger partial charge on any atom is 0.304 e. The number of aromatic hydroxyl groups is 2. The number of carboxylic acids is 3. The van der Waals surface area contributed by atoms with E-state index in [-0.39, 0.29) is 80.3 Å². The molecule has 1 fully saturated rings. The van der Waals surface area contributed by atoms with Gasteiger partial charge in [-0.15, -0.1) is 0 Å². The number of rotatable bonds is 63. The molecular formula is C96H129N11O29S. The number of ketones is 6. The maximum atomic E-state index is 14.9. The highest BCUT2D eigenvalue weighted by atomic mass is 32.2. The van der Waals surface area contributed by atoms with Gasteiger partial charge in [0.1, 0.15) is 29.0 Å². The van der Waals surface area contributed by atoms with Crippen LogP contribution < -0.4 is 53.6 Å². The Bertz CT molecular complexity index is 4880. The van der Waals surface area contributed by atoms with Crippen molar-refractivity contribution in [3.05, 3.63) is 131 Å². The van der Waals surface area contributed by atoms with Crippen molar-refractivity contribution in [2.75, 3.05) is 45.1 Å². The quantitative estimate of drug-likeness (QED) is 0.0220. The highest BCUT2D eigenvalue weighted by molar-refractivity contribution is 8.14. The third-order valence-electron chi connectivity index (χ3n) is 24.3. The number of thioether (sulfide) groups is 1. The monoisotopic (exact) mass is 1930 g/mol. The van der Waals surface area contributed by atoms with E-state index in [1.807, 2.05) is 0 Å². The molecule has 4 aromatic carbocycles. The molecule has 1 aliphatic carbocycles. The number of aliphatic hydroxyl groups excluding tert-OH is 4. The second kappa shape index (κ2) is 55.6. The summed E-state index contributed by atoms with van der Waals surface area (Å²) in [4.78, 5) is 278. The van der Waals surface area contributed by atoms with Crippen LogP contribution in [0, 0.1) is 52.8 Å². The van der Waals surface area contributed by atoms with E-state index in [9.17, 15) is 142 Å². The predicted molar refractivity (Wildman–Crippen MR) is 494 cm³/mol. The molecule has 0 unspecified atom stereocenters. The van der Waals surface area contributed by atoms with Crippen LogP contribution in [-0.2, 0) is 123 Å². The maximum absolute atomic E-state index is 14.9. The number of nitrogens with zero attached hydrogens (tertiary/aromatic N) is 1. The van der Waals surface area contributed by atoms with E-state index in [2.05, 4.69) is 47.9 Å². The Morgan fingerprint density at radius 2 is 0.920 bits per heavy atom. The normalized spacial score (nSPS) is 16.2. The fourth-order valence-electron chi connectivity index (χ4n) is 16.1. The number of carbonyl (C=O) groups is 20. The molecule has 41 heteroatoms. The van der Waals surface area contributed by atoms with Crippen LogP contribution in [0.15, 0.2) is 103 Å². The van der Waals surface area contributed by atoms with Crippen LogP contribution >= 0.6 is 11.8 Å². The molecule has 16 atom stereocenters. The first kappa shape index (κ1) is 113. The second-order valence-corrected chi connectivity index (χ2v) is 36.7. The molecule has 748 valence electrons. The molecule has 0 saturated carbocycles. The number of hydrogen-bond donors (Lipinski definition) is 19. The molecule has 1 aliphatic heterocycles. The fraction of sp³-hybridized carbons (Fsp3) is 0.542. The summed E-state index contributed by atoms with van der Waals surface area (Å²) in [6, 6.07) is 15.3. The predicted octanol–water partition coefficient (Wildman–Crippen LogP) is 1.49. The Labute approximate surface area is 796 Å². The van der Waals surface area contributed by atoms with E-state index >= 15 is 0 Å². The zero-order valence-electron chi connectivity index (χ0n) is 77.8. The van der Waals surface area contributed by atoms with Crippen LogP contribution in [0.3, 0.4) is 0 Å². The lowest BCUT2D eigenvalue weighted by Crippen LogP contribution is -2.57. The summed E-state index contributed by atoms with van der Waals surface area (Å²) in [7, 11) is 0. The zero-order valence-corrected chi connectivity index (χ0v) is 78.7. The fourth-order valence-corrected chi connectivity index (χ4v) is 16.9. The summed E-state index contributed by atoms with van der Waals surface area (Å²) in [6.45, 7) is 7.50. The van der Waals surface area contributed by atoms with Crippen LogP contribution in [0.2, 0.25) is 0 Å². The molecule has 0 aromatic heterocycles. The van der Waals surface area contributed by atoms with Crippen molar-refractivity contribution in [2.24, 2.45) is 58.5 Å². The molecular weight excluding hydrogens is 1800 g/mol. The number of carboxylic acid groups (broad SMARTS) is 3. The summed E-state index contributed by atoms with van der Waals surface area (Å²) < 4.78 is 0. The van der Waals surface area contributed by atoms with Gasteiger partial charge < -0.3 is 99.5 Å². The lowest BCUT2D eigenvalue weighted by atomic mass is 9.82. The number of aliphatic carboxylic acids is 3. The minimum Gasteiger partial charge on any atom is -0.508 e. The Hall–Kier alpha value is -12.6. The van der Waals surface area contributed by atoms with Crippen molar-refractivity contribution < 1.29 is 142 Å². The van der Waals surface area contributed by atoms with Crippen LogP contribution in [0.25, 0.3) is 0 Å². The number of Topliss-reactive ketones (excluding diaryl/α,β-unsaturated/α-hetero) is 6. The van der Waals surface area contributed by atoms with Gasteiger partial charge in [0.2, 0.25) is 59.1 Å². The average Bonchev–Trinajstić information content (AvgIpc) is 1.61.